The van der Waals surface area contributed by atoms with E-state index in [0.717, 1.165) is 19.3 Å². The molecule has 0 heterocycles. The van der Waals surface area contributed by atoms with E-state index in [4.69, 9.17) is 5.11 Å². The number of aromatic carboxylic acids is 1. The maximum atomic E-state index is 10.9. The molecule has 0 aromatic heterocycles. The fourth-order valence-corrected chi connectivity index (χ4v) is 2.31. The quantitative estimate of drug-likeness (QED) is 0.824. The van der Waals surface area contributed by atoms with E-state index in [9.17, 15) is 4.79 Å². The Morgan fingerprint density at radius 3 is 2.75 bits per heavy atom. The predicted molar refractivity (Wildman–Crippen MR) is 62.9 cm³/mol. The Bertz CT molecular complexity index is 412. The molecule has 16 heavy (non-hydrogen) atoms. The molecule has 1 N–H and O–H groups in total. The molecule has 0 spiro atoms. The Kier molecular flexibility index (Phi) is 2.97. The van der Waals surface area contributed by atoms with Gasteiger partial charge in [0, 0.05) is 6.04 Å². The number of carboxylic acids is 1. The zero-order valence-electron chi connectivity index (χ0n) is 9.73. The molecule has 1 aliphatic rings. The number of hydrogen-bond donors (Lipinski definition) is 1. The molecule has 0 aliphatic heterocycles. The molecule has 0 radical (unpaired) electrons. The number of benzene rings is 1. The molecule has 86 valence electrons. The second-order valence-electron chi connectivity index (χ2n) is 4.65. The van der Waals surface area contributed by atoms with Crippen molar-refractivity contribution in [2.45, 2.75) is 25.3 Å². The Hall–Kier alpha value is -1.35. The van der Waals surface area contributed by atoms with Gasteiger partial charge >= 0.3 is 5.97 Å². The van der Waals surface area contributed by atoms with Crippen molar-refractivity contribution in [1.29, 1.82) is 0 Å². The van der Waals surface area contributed by atoms with E-state index in [2.05, 4.69) is 19.0 Å². The molecule has 0 fully saturated rings. The van der Waals surface area contributed by atoms with Gasteiger partial charge in [0.25, 0.3) is 0 Å². The second kappa shape index (κ2) is 4.26. The molecule has 0 saturated carbocycles. The van der Waals surface area contributed by atoms with Crippen LogP contribution in [0.3, 0.4) is 0 Å². The van der Waals surface area contributed by atoms with Crippen LogP contribution in [0.25, 0.3) is 0 Å². The number of rotatable bonds is 2. The molecule has 0 amide bonds. The molecular weight excluding hydrogens is 202 g/mol. The number of fused-ring (bicyclic) bond motifs is 1. The van der Waals surface area contributed by atoms with Crippen LogP contribution >= 0.6 is 0 Å². The molecule has 1 aliphatic carbocycles. The van der Waals surface area contributed by atoms with Gasteiger partial charge in [-0.1, -0.05) is 6.07 Å². The zero-order valence-corrected chi connectivity index (χ0v) is 9.73. The minimum atomic E-state index is -0.838. The maximum Gasteiger partial charge on any atom is 0.335 e. The summed E-state index contributed by atoms with van der Waals surface area (Å²) in [6.45, 7) is 0. The summed E-state index contributed by atoms with van der Waals surface area (Å²) in [5.74, 6) is -0.838. The van der Waals surface area contributed by atoms with Crippen molar-refractivity contribution in [3.63, 3.8) is 0 Å². The van der Waals surface area contributed by atoms with Crippen LogP contribution in [0.15, 0.2) is 18.2 Å². The van der Waals surface area contributed by atoms with Crippen LogP contribution in [-0.4, -0.2) is 36.1 Å². The van der Waals surface area contributed by atoms with Crippen LogP contribution < -0.4 is 0 Å². The van der Waals surface area contributed by atoms with Crippen molar-refractivity contribution in [1.82, 2.24) is 4.90 Å². The average Bonchev–Trinajstić information content (AvgIpc) is 2.27. The van der Waals surface area contributed by atoms with Gasteiger partial charge < -0.3 is 10.0 Å². The summed E-state index contributed by atoms with van der Waals surface area (Å²) in [4.78, 5) is 13.1. The summed E-state index contributed by atoms with van der Waals surface area (Å²) in [5.41, 5.74) is 2.91. The molecule has 2 rings (SSSR count). The Labute approximate surface area is 95.7 Å². The van der Waals surface area contributed by atoms with Crippen molar-refractivity contribution >= 4 is 5.97 Å². The Morgan fingerprint density at radius 2 is 2.12 bits per heavy atom. The third-order valence-electron chi connectivity index (χ3n) is 3.39. The van der Waals surface area contributed by atoms with Gasteiger partial charge in [-0.15, -0.1) is 0 Å². The highest BCUT2D eigenvalue weighted by molar-refractivity contribution is 5.87. The SMILES string of the molecule is CN(C)C1CCc2ccc(C(=O)O)cc2C1. The summed E-state index contributed by atoms with van der Waals surface area (Å²) >= 11 is 0. The van der Waals surface area contributed by atoms with E-state index in [1.807, 2.05) is 12.1 Å². The first-order valence-electron chi connectivity index (χ1n) is 5.59. The average molecular weight is 219 g/mol. The van der Waals surface area contributed by atoms with Crippen molar-refractivity contribution in [3.8, 4) is 0 Å². The summed E-state index contributed by atoms with van der Waals surface area (Å²) in [5, 5.41) is 8.95. The molecule has 1 unspecified atom stereocenters. The van der Waals surface area contributed by atoms with Gasteiger partial charge in [-0.3, -0.25) is 0 Å². The number of hydrogen-bond acceptors (Lipinski definition) is 2. The molecular formula is C13H17NO2. The van der Waals surface area contributed by atoms with Crippen LogP contribution in [0.2, 0.25) is 0 Å². The van der Waals surface area contributed by atoms with Gasteiger partial charge in [-0.25, -0.2) is 4.79 Å². The Morgan fingerprint density at radius 1 is 1.38 bits per heavy atom. The Balaban J connectivity index is 2.28. The van der Waals surface area contributed by atoms with Crippen molar-refractivity contribution in [2.24, 2.45) is 0 Å². The van der Waals surface area contributed by atoms with Gasteiger partial charge in [0.15, 0.2) is 0 Å². The van der Waals surface area contributed by atoms with E-state index in [-0.39, 0.29) is 0 Å². The minimum absolute atomic E-state index is 0.401. The first-order valence-corrected chi connectivity index (χ1v) is 5.59. The molecule has 1 aromatic rings. The van der Waals surface area contributed by atoms with E-state index in [0.29, 0.717) is 11.6 Å². The highest BCUT2D eigenvalue weighted by Gasteiger charge is 2.20. The monoisotopic (exact) mass is 219 g/mol. The summed E-state index contributed by atoms with van der Waals surface area (Å²) in [7, 11) is 4.16. The van der Waals surface area contributed by atoms with Gasteiger partial charge in [-0.2, -0.15) is 0 Å². The van der Waals surface area contributed by atoms with Crippen molar-refractivity contribution < 1.29 is 9.90 Å². The standard InChI is InChI=1S/C13H17NO2/c1-14(2)12-6-5-9-3-4-10(13(15)16)7-11(9)8-12/h3-4,7,12H,5-6,8H2,1-2H3,(H,15,16). The fourth-order valence-electron chi connectivity index (χ4n) is 2.31. The van der Waals surface area contributed by atoms with E-state index in [1.54, 1.807) is 6.07 Å². The first kappa shape index (κ1) is 11.1. The van der Waals surface area contributed by atoms with Crippen molar-refractivity contribution in [2.75, 3.05) is 14.1 Å². The highest BCUT2D eigenvalue weighted by atomic mass is 16.4. The number of likely N-dealkylation sites (N-methyl/N-ethyl adjacent to an activating group) is 1. The van der Waals surface area contributed by atoms with Crippen LogP contribution in [0.4, 0.5) is 0 Å². The second-order valence-corrected chi connectivity index (χ2v) is 4.65. The van der Waals surface area contributed by atoms with Gasteiger partial charge in [0.05, 0.1) is 5.56 Å². The van der Waals surface area contributed by atoms with E-state index in [1.165, 1.54) is 11.1 Å². The molecule has 3 heteroatoms. The third-order valence-corrected chi connectivity index (χ3v) is 3.39. The van der Waals surface area contributed by atoms with E-state index >= 15 is 0 Å². The topological polar surface area (TPSA) is 40.5 Å². The van der Waals surface area contributed by atoms with Crippen LogP contribution in [-0.2, 0) is 12.8 Å². The lowest BCUT2D eigenvalue weighted by Gasteiger charge is -2.29. The lowest BCUT2D eigenvalue weighted by atomic mass is 9.87. The summed E-state index contributed by atoms with van der Waals surface area (Å²) in [6, 6.07) is 6.03. The van der Waals surface area contributed by atoms with Crippen LogP contribution in [0.1, 0.15) is 27.9 Å². The molecule has 0 saturated heterocycles. The molecule has 3 nitrogen and oxygen atoms in total. The largest absolute Gasteiger partial charge is 0.478 e. The van der Waals surface area contributed by atoms with Gasteiger partial charge in [0.2, 0.25) is 0 Å². The third kappa shape index (κ3) is 2.09. The lowest BCUT2D eigenvalue weighted by Crippen LogP contribution is -2.33. The smallest absolute Gasteiger partial charge is 0.335 e. The summed E-state index contributed by atoms with van der Waals surface area (Å²) < 4.78 is 0. The molecule has 1 aromatic carbocycles. The number of carboxylic acid groups (broad SMARTS) is 1. The fraction of sp³-hybridized carbons (Fsp3) is 0.462. The normalized spacial score (nSPS) is 19.6. The van der Waals surface area contributed by atoms with E-state index < -0.39 is 5.97 Å². The van der Waals surface area contributed by atoms with Crippen LogP contribution in [0, 0.1) is 0 Å². The number of nitrogens with zero attached hydrogens (tertiary/aromatic N) is 1. The maximum absolute atomic E-state index is 10.9. The van der Waals surface area contributed by atoms with Gasteiger partial charge in [0.1, 0.15) is 0 Å². The minimum Gasteiger partial charge on any atom is -0.478 e. The molecule has 1 atom stereocenters. The molecule has 0 bridgehead atoms. The highest BCUT2D eigenvalue weighted by Crippen LogP contribution is 2.24. The predicted octanol–water partition coefficient (Wildman–Crippen LogP) is 1.80. The number of aryl methyl sites for hydroxylation is 1. The van der Waals surface area contributed by atoms with Crippen LogP contribution in [0.5, 0.6) is 0 Å². The van der Waals surface area contributed by atoms with Crippen molar-refractivity contribution in [3.05, 3.63) is 34.9 Å². The zero-order chi connectivity index (χ0) is 11.7. The first-order chi connectivity index (χ1) is 7.58. The van der Waals surface area contributed by atoms with Gasteiger partial charge in [-0.05, 0) is 56.6 Å². The summed E-state index contributed by atoms with van der Waals surface area (Å²) in [6.07, 6.45) is 3.17. The lowest BCUT2D eigenvalue weighted by molar-refractivity contribution is 0.0696. The number of carbonyl (C=O) groups is 1.